The van der Waals surface area contributed by atoms with Crippen molar-refractivity contribution in [3.63, 3.8) is 0 Å². The molecule has 0 unspecified atom stereocenters. The lowest BCUT2D eigenvalue weighted by molar-refractivity contribution is 0.0698. The molecule has 0 aliphatic carbocycles. The van der Waals surface area contributed by atoms with Gasteiger partial charge in [0.25, 0.3) is 0 Å². The minimum Gasteiger partial charge on any atom is -0.477 e. The summed E-state index contributed by atoms with van der Waals surface area (Å²) in [5, 5.41) is 19.7. The molecule has 0 saturated heterocycles. The predicted octanol–water partition coefficient (Wildman–Crippen LogP) is 2.63. The van der Waals surface area contributed by atoms with E-state index in [0.717, 1.165) is 0 Å². The lowest BCUT2D eigenvalue weighted by Crippen LogP contribution is -2.34. The van der Waals surface area contributed by atoms with Gasteiger partial charge in [0.1, 0.15) is 5.69 Å². The topological polar surface area (TPSA) is 104 Å². The Balaban J connectivity index is 2.31. The number of urea groups is 1. The molecule has 3 N–H and O–H groups in total. The van der Waals surface area contributed by atoms with Gasteiger partial charge in [-0.05, 0) is 25.3 Å². The van der Waals surface area contributed by atoms with Crippen molar-refractivity contribution in [1.29, 1.82) is 0 Å². The first-order chi connectivity index (χ1) is 9.49. The summed E-state index contributed by atoms with van der Waals surface area (Å²) in [6, 6.07) is 2.88. The number of carbonyl (C=O) groups excluding carboxylic acids is 1. The Morgan fingerprint density at radius 3 is 2.75 bits per heavy atom. The highest BCUT2D eigenvalue weighted by Crippen LogP contribution is 2.31. The van der Waals surface area contributed by atoms with Crippen LogP contribution in [0, 0.1) is 0 Å². The first-order valence-corrected chi connectivity index (χ1v) is 6.71. The fraction of sp³-hybridized carbons (Fsp3) is 0.250. The number of carboxylic acid groups (broad SMARTS) is 1. The van der Waals surface area contributed by atoms with Crippen molar-refractivity contribution in [2.75, 3.05) is 5.32 Å². The van der Waals surface area contributed by atoms with Crippen LogP contribution in [0.1, 0.15) is 24.2 Å². The van der Waals surface area contributed by atoms with Gasteiger partial charge >= 0.3 is 12.0 Å². The number of hydrogen-bond donors (Lipinski definition) is 3. The molecule has 2 heterocycles. The maximum Gasteiger partial charge on any atom is 0.343 e. The van der Waals surface area contributed by atoms with Crippen LogP contribution in [-0.2, 0) is 0 Å². The van der Waals surface area contributed by atoms with Gasteiger partial charge in [-0.25, -0.2) is 9.59 Å². The lowest BCUT2D eigenvalue weighted by atomic mass is 10.2. The number of amides is 2. The molecule has 0 aliphatic rings. The van der Waals surface area contributed by atoms with Crippen LogP contribution >= 0.6 is 11.3 Å². The van der Waals surface area contributed by atoms with Crippen LogP contribution in [0.2, 0.25) is 0 Å². The maximum absolute atomic E-state index is 11.6. The van der Waals surface area contributed by atoms with Crippen LogP contribution < -0.4 is 10.6 Å². The van der Waals surface area contributed by atoms with Gasteiger partial charge in [0.2, 0.25) is 5.88 Å². The molecule has 2 rings (SSSR count). The SMILES string of the molecule is CC(C)NC(=O)Nc1onc(-c2cccs2)c1C(=O)O. The molecule has 2 aromatic rings. The minimum absolute atomic E-state index is 0.0806. The Kier molecular flexibility index (Phi) is 4.04. The Morgan fingerprint density at radius 2 is 2.20 bits per heavy atom. The van der Waals surface area contributed by atoms with Crippen molar-refractivity contribution < 1.29 is 19.2 Å². The Labute approximate surface area is 118 Å². The third-order valence-corrected chi connectivity index (χ3v) is 3.18. The largest absolute Gasteiger partial charge is 0.477 e. The number of aromatic nitrogens is 1. The number of rotatable bonds is 4. The standard InChI is InChI=1S/C12H13N3O4S/c1-6(2)13-12(18)14-10-8(11(16)17)9(15-19-10)7-4-3-5-20-7/h3-6H,1-2H3,(H,16,17)(H2,13,14,18). The van der Waals surface area contributed by atoms with Gasteiger partial charge in [-0.15, -0.1) is 11.3 Å². The quantitative estimate of drug-likeness (QED) is 0.804. The van der Waals surface area contributed by atoms with Gasteiger partial charge in [-0.3, -0.25) is 5.32 Å². The number of hydrogen-bond acceptors (Lipinski definition) is 5. The highest BCUT2D eigenvalue weighted by Gasteiger charge is 2.25. The molecule has 0 spiro atoms. The van der Waals surface area contributed by atoms with E-state index in [-0.39, 0.29) is 23.2 Å². The molecule has 0 radical (unpaired) electrons. The summed E-state index contributed by atoms with van der Waals surface area (Å²) in [4.78, 5) is 23.6. The van der Waals surface area contributed by atoms with Gasteiger partial charge < -0.3 is 14.9 Å². The Morgan fingerprint density at radius 1 is 1.45 bits per heavy atom. The molecule has 0 saturated carbocycles. The number of nitrogens with zero attached hydrogens (tertiary/aromatic N) is 1. The molecule has 8 heteroatoms. The zero-order chi connectivity index (χ0) is 14.7. The van der Waals surface area contributed by atoms with Crippen LogP contribution in [0.4, 0.5) is 10.7 Å². The van der Waals surface area contributed by atoms with Gasteiger partial charge in [0.15, 0.2) is 5.56 Å². The van der Waals surface area contributed by atoms with Gasteiger partial charge in [0, 0.05) is 6.04 Å². The van der Waals surface area contributed by atoms with Crippen LogP contribution in [-0.4, -0.2) is 28.3 Å². The molecular formula is C12H13N3O4S. The summed E-state index contributed by atoms with van der Waals surface area (Å²) in [7, 11) is 0. The van der Waals surface area contributed by atoms with Crippen molar-refractivity contribution in [3.8, 4) is 10.6 Å². The first-order valence-electron chi connectivity index (χ1n) is 5.83. The second-order valence-electron chi connectivity index (χ2n) is 4.27. The third-order valence-electron chi connectivity index (χ3n) is 2.31. The second-order valence-corrected chi connectivity index (χ2v) is 5.22. The van der Waals surface area contributed by atoms with E-state index in [1.165, 1.54) is 11.3 Å². The third kappa shape index (κ3) is 2.97. The predicted molar refractivity (Wildman–Crippen MR) is 74.1 cm³/mol. The van der Waals surface area contributed by atoms with Crippen molar-refractivity contribution in [1.82, 2.24) is 10.5 Å². The Bertz CT molecular complexity index is 619. The van der Waals surface area contributed by atoms with E-state index in [0.29, 0.717) is 4.88 Å². The average molecular weight is 295 g/mol. The fourth-order valence-electron chi connectivity index (χ4n) is 1.56. The summed E-state index contributed by atoms with van der Waals surface area (Å²) in [6.07, 6.45) is 0. The minimum atomic E-state index is -1.21. The van der Waals surface area contributed by atoms with Crippen LogP contribution in [0.15, 0.2) is 22.0 Å². The molecule has 7 nitrogen and oxygen atoms in total. The summed E-state index contributed by atoms with van der Waals surface area (Å²) in [5.41, 5.74) is 0.0405. The summed E-state index contributed by atoms with van der Waals surface area (Å²) < 4.78 is 4.94. The monoisotopic (exact) mass is 295 g/mol. The molecule has 0 fully saturated rings. The van der Waals surface area contributed by atoms with Gasteiger partial charge in [0.05, 0.1) is 4.88 Å². The number of carbonyl (C=O) groups is 2. The van der Waals surface area contributed by atoms with E-state index in [1.807, 2.05) is 0 Å². The van der Waals surface area contributed by atoms with Gasteiger partial charge in [-0.2, -0.15) is 0 Å². The number of anilines is 1. The molecule has 2 aromatic heterocycles. The highest BCUT2D eigenvalue weighted by atomic mass is 32.1. The van der Waals surface area contributed by atoms with E-state index in [2.05, 4.69) is 15.8 Å². The van der Waals surface area contributed by atoms with Crippen molar-refractivity contribution in [3.05, 3.63) is 23.1 Å². The summed E-state index contributed by atoms with van der Waals surface area (Å²) in [6.45, 7) is 3.57. The maximum atomic E-state index is 11.6. The molecule has 0 aliphatic heterocycles. The van der Waals surface area contributed by atoms with E-state index in [4.69, 9.17) is 4.52 Å². The van der Waals surface area contributed by atoms with Crippen LogP contribution in [0.5, 0.6) is 0 Å². The van der Waals surface area contributed by atoms with Crippen molar-refractivity contribution >= 4 is 29.2 Å². The molecule has 2 amide bonds. The van der Waals surface area contributed by atoms with E-state index >= 15 is 0 Å². The fourth-order valence-corrected chi connectivity index (χ4v) is 2.27. The zero-order valence-corrected chi connectivity index (χ0v) is 11.7. The van der Waals surface area contributed by atoms with Gasteiger partial charge in [-0.1, -0.05) is 11.2 Å². The summed E-state index contributed by atoms with van der Waals surface area (Å²) in [5.74, 6) is -1.39. The molecule has 0 aromatic carbocycles. The van der Waals surface area contributed by atoms with Crippen molar-refractivity contribution in [2.45, 2.75) is 19.9 Å². The Hall–Kier alpha value is -2.35. The van der Waals surface area contributed by atoms with Crippen LogP contribution in [0.3, 0.4) is 0 Å². The highest BCUT2D eigenvalue weighted by molar-refractivity contribution is 7.13. The number of nitrogens with one attached hydrogen (secondary N) is 2. The van der Waals surface area contributed by atoms with E-state index in [1.54, 1.807) is 31.4 Å². The first kappa shape index (κ1) is 14.1. The van der Waals surface area contributed by atoms with Crippen molar-refractivity contribution in [2.24, 2.45) is 0 Å². The normalized spacial score (nSPS) is 10.6. The number of thiophene rings is 1. The second kappa shape index (κ2) is 5.74. The zero-order valence-electron chi connectivity index (χ0n) is 10.8. The van der Waals surface area contributed by atoms with E-state index < -0.39 is 12.0 Å². The molecule has 20 heavy (non-hydrogen) atoms. The van der Waals surface area contributed by atoms with E-state index in [9.17, 15) is 14.7 Å². The smallest absolute Gasteiger partial charge is 0.343 e. The van der Waals surface area contributed by atoms with Crippen LogP contribution in [0.25, 0.3) is 10.6 Å². The lowest BCUT2D eigenvalue weighted by Gasteiger charge is -2.08. The molecule has 0 atom stereocenters. The molecular weight excluding hydrogens is 282 g/mol. The summed E-state index contributed by atoms with van der Waals surface area (Å²) >= 11 is 1.34. The molecule has 106 valence electrons. The number of carboxylic acids is 1. The number of aromatic carboxylic acids is 1. The average Bonchev–Trinajstić information content (AvgIpc) is 2.94. The molecule has 0 bridgehead atoms.